The maximum Gasteiger partial charge on any atom is 0.350 e. The lowest BCUT2D eigenvalue weighted by atomic mass is 10.2. The highest BCUT2D eigenvalue weighted by molar-refractivity contribution is 6.52. The molecule has 1 aliphatic heterocycles. The molecule has 4 N–H and O–H groups in total. The number of aromatic nitrogens is 2. The number of aliphatic hydroxyl groups is 1. The molecule has 1 aliphatic rings. The van der Waals surface area contributed by atoms with Gasteiger partial charge in [0, 0.05) is 6.54 Å². The van der Waals surface area contributed by atoms with Crippen LogP contribution in [-0.4, -0.2) is 43.7 Å². The molecule has 0 radical (unpaired) electrons. The van der Waals surface area contributed by atoms with Crippen molar-refractivity contribution in [1.29, 1.82) is 5.41 Å². The molecule has 3 rings (SSSR count). The second-order valence-corrected chi connectivity index (χ2v) is 5.06. The number of benzene rings is 1. The van der Waals surface area contributed by atoms with Gasteiger partial charge in [-0.2, -0.15) is 4.99 Å². The Bertz CT molecular complexity index is 781. The number of nitrogens with one attached hydrogen (secondary N) is 1. The van der Waals surface area contributed by atoms with E-state index in [4.69, 9.17) is 16.2 Å². The first-order valence-corrected chi connectivity index (χ1v) is 7.06. The van der Waals surface area contributed by atoms with Crippen LogP contribution in [0.15, 0.2) is 41.7 Å². The van der Waals surface area contributed by atoms with Crippen LogP contribution in [0.25, 0.3) is 0 Å². The van der Waals surface area contributed by atoms with Crippen molar-refractivity contribution in [1.82, 2.24) is 14.5 Å². The zero-order chi connectivity index (χ0) is 16.4. The number of amidine groups is 1. The minimum atomic E-state index is -0.509. The zero-order valence-corrected chi connectivity index (χ0v) is 12.3. The SMILES string of the molecule is N=C1C(c2ncn(CCO)c2N)=NC(=O)N1Cc1ccccc1. The van der Waals surface area contributed by atoms with E-state index in [1.807, 2.05) is 30.3 Å². The largest absolute Gasteiger partial charge is 0.395 e. The predicted molar refractivity (Wildman–Crippen MR) is 85.4 cm³/mol. The molecule has 0 bridgehead atoms. The Kier molecular flexibility index (Phi) is 3.90. The van der Waals surface area contributed by atoms with E-state index in [1.165, 1.54) is 11.2 Å². The fourth-order valence-electron chi connectivity index (χ4n) is 2.37. The molecule has 0 spiro atoms. The van der Waals surface area contributed by atoms with Crippen molar-refractivity contribution in [3.8, 4) is 0 Å². The molecule has 2 heterocycles. The number of nitrogens with two attached hydrogens (primary N) is 1. The summed E-state index contributed by atoms with van der Waals surface area (Å²) in [5, 5.41) is 17.2. The van der Waals surface area contributed by atoms with Crippen molar-refractivity contribution in [3.05, 3.63) is 47.9 Å². The zero-order valence-electron chi connectivity index (χ0n) is 12.3. The molecule has 2 aromatic rings. The number of anilines is 1. The number of aliphatic hydroxyl groups excluding tert-OH is 1. The van der Waals surface area contributed by atoms with Crippen LogP contribution in [0.4, 0.5) is 10.6 Å². The fraction of sp³-hybridized carbons (Fsp3) is 0.200. The van der Waals surface area contributed by atoms with Gasteiger partial charge in [-0.25, -0.2) is 9.78 Å². The first-order valence-electron chi connectivity index (χ1n) is 7.06. The highest BCUT2D eigenvalue weighted by Crippen LogP contribution is 2.19. The predicted octanol–water partition coefficient (Wildman–Crippen LogP) is 0.860. The summed E-state index contributed by atoms with van der Waals surface area (Å²) < 4.78 is 1.55. The Morgan fingerprint density at radius 1 is 1.26 bits per heavy atom. The van der Waals surface area contributed by atoms with Crippen molar-refractivity contribution in [2.45, 2.75) is 13.1 Å². The van der Waals surface area contributed by atoms with E-state index < -0.39 is 6.03 Å². The molecule has 1 aromatic heterocycles. The Hall–Kier alpha value is -3.00. The Morgan fingerprint density at radius 3 is 2.70 bits per heavy atom. The normalized spacial score (nSPS) is 14.5. The molecule has 0 saturated carbocycles. The lowest BCUT2D eigenvalue weighted by molar-refractivity contribution is 0.231. The van der Waals surface area contributed by atoms with Crippen LogP contribution < -0.4 is 5.73 Å². The second kappa shape index (κ2) is 6.01. The average molecular weight is 312 g/mol. The molecule has 0 aliphatic carbocycles. The summed E-state index contributed by atoms with van der Waals surface area (Å²) in [5.74, 6) is 0.247. The molecule has 118 valence electrons. The maximum atomic E-state index is 12.1. The number of aliphatic imine (C=N–C) groups is 1. The summed E-state index contributed by atoms with van der Waals surface area (Å²) in [7, 11) is 0. The number of rotatable bonds is 5. The summed E-state index contributed by atoms with van der Waals surface area (Å²) in [6.07, 6.45) is 1.46. The van der Waals surface area contributed by atoms with Gasteiger partial charge < -0.3 is 15.4 Å². The van der Waals surface area contributed by atoms with Gasteiger partial charge in [0.25, 0.3) is 0 Å². The van der Waals surface area contributed by atoms with Crippen molar-refractivity contribution in [2.75, 3.05) is 12.3 Å². The van der Waals surface area contributed by atoms with Gasteiger partial charge >= 0.3 is 6.03 Å². The summed E-state index contributed by atoms with van der Waals surface area (Å²) in [5.41, 5.74) is 7.30. The molecule has 23 heavy (non-hydrogen) atoms. The molecule has 0 saturated heterocycles. The monoisotopic (exact) mass is 312 g/mol. The molecule has 0 atom stereocenters. The first-order chi connectivity index (χ1) is 11.1. The van der Waals surface area contributed by atoms with E-state index in [0.29, 0.717) is 6.54 Å². The highest BCUT2D eigenvalue weighted by Gasteiger charge is 2.33. The van der Waals surface area contributed by atoms with Gasteiger partial charge in [0.1, 0.15) is 17.2 Å². The second-order valence-electron chi connectivity index (χ2n) is 5.06. The Labute approximate surface area is 132 Å². The van der Waals surface area contributed by atoms with E-state index in [9.17, 15) is 4.79 Å². The van der Waals surface area contributed by atoms with E-state index in [2.05, 4.69) is 9.98 Å². The van der Waals surface area contributed by atoms with Crippen molar-refractivity contribution >= 4 is 23.4 Å². The minimum absolute atomic E-state index is 0.0280. The van der Waals surface area contributed by atoms with Crippen LogP contribution in [0.5, 0.6) is 0 Å². The van der Waals surface area contributed by atoms with Gasteiger partial charge in [0.15, 0.2) is 5.84 Å². The van der Waals surface area contributed by atoms with E-state index in [1.54, 1.807) is 4.57 Å². The molecule has 8 nitrogen and oxygen atoms in total. The maximum absolute atomic E-state index is 12.1. The molecule has 1 aromatic carbocycles. The standard InChI is InChI=1S/C15H16N6O2/c16-13-11(18-9-20(13)6-7-22)12-14(17)21(15(23)19-12)8-10-4-2-1-3-5-10/h1-5,9,17,22H,6-8,16H2. The lowest BCUT2D eigenvalue weighted by Gasteiger charge is -2.15. The minimum Gasteiger partial charge on any atom is -0.395 e. The van der Waals surface area contributed by atoms with Gasteiger partial charge in [-0.15, -0.1) is 0 Å². The van der Waals surface area contributed by atoms with Crippen LogP contribution in [0.1, 0.15) is 11.3 Å². The molecule has 8 heteroatoms. The quantitative estimate of drug-likeness (QED) is 0.758. The highest BCUT2D eigenvalue weighted by atomic mass is 16.3. The van der Waals surface area contributed by atoms with Crippen LogP contribution >= 0.6 is 0 Å². The molecule has 0 unspecified atom stereocenters. The topological polar surface area (TPSA) is 121 Å². The van der Waals surface area contributed by atoms with E-state index in [0.717, 1.165) is 5.56 Å². The number of hydrogen-bond donors (Lipinski definition) is 3. The molecule has 2 amide bonds. The summed E-state index contributed by atoms with van der Waals surface area (Å²) in [6, 6.07) is 8.87. The van der Waals surface area contributed by atoms with Gasteiger partial charge in [0.05, 0.1) is 19.5 Å². The van der Waals surface area contributed by atoms with E-state index in [-0.39, 0.29) is 36.2 Å². The van der Waals surface area contributed by atoms with E-state index >= 15 is 0 Å². The number of carbonyl (C=O) groups excluding carboxylic acids is 1. The average Bonchev–Trinajstić information content (AvgIpc) is 3.04. The number of carbonyl (C=O) groups is 1. The Morgan fingerprint density at radius 2 is 2.00 bits per heavy atom. The number of hydrogen-bond acceptors (Lipinski definition) is 5. The summed E-state index contributed by atoms with van der Waals surface area (Å²) in [6.45, 7) is 0.479. The number of imidazole rings is 1. The van der Waals surface area contributed by atoms with Crippen LogP contribution in [0.2, 0.25) is 0 Å². The number of nitrogens with zero attached hydrogens (tertiary/aromatic N) is 4. The third-order valence-corrected chi connectivity index (χ3v) is 3.56. The molecular formula is C15H16N6O2. The third-order valence-electron chi connectivity index (χ3n) is 3.56. The first kappa shape index (κ1) is 14.9. The number of urea groups is 1. The smallest absolute Gasteiger partial charge is 0.350 e. The molecule has 0 fully saturated rings. The summed E-state index contributed by atoms with van der Waals surface area (Å²) in [4.78, 5) is 21.4. The number of amides is 2. The van der Waals surface area contributed by atoms with Crippen molar-refractivity contribution in [3.63, 3.8) is 0 Å². The Balaban J connectivity index is 1.84. The van der Waals surface area contributed by atoms with Gasteiger partial charge in [-0.1, -0.05) is 30.3 Å². The fourth-order valence-corrected chi connectivity index (χ4v) is 2.37. The van der Waals surface area contributed by atoms with Gasteiger partial charge in [0.2, 0.25) is 0 Å². The number of nitrogen functional groups attached to an aromatic ring is 1. The van der Waals surface area contributed by atoms with Crippen molar-refractivity contribution in [2.24, 2.45) is 4.99 Å². The van der Waals surface area contributed by atoms with Crippen LogP contribution in [-0.2, 0) is 13.1 Å². The van der Waals surface area contributed by atoms with Gasteiger partial charge in [-0.05, 0) is 5.56 Å². The lowest BCUT2D eigenvalue weighted by Crippen LogP contribution is -2.32. The van der Waals surface area contributed by atoms with Crippen LogP contribution in [0, 0.1) is 5.41 Å². The third kappa shape index (κ3) is 2.71. The summed E-state index contributed by atoms with van der Waals surface area (Å²) >= 11 is 0. The van der Waals surface area contributed by atoms with Crippen LogP contribution in [0.3, 0.4) is 0 Å². The van der Waals surface area contributed by atoms with Gasteiger partial charge in [-0.3, -0.25) is 10.3 Å². The van der Waals surface area contributed by atoms with Crippen molar-refractivity contribution < 1.29 is 9.90 Å². The molecular weight excluding hydrogens is 296 g/mol.